The first-order chi connectivity index (χ1) is 19.1. The van der Waals surface area contributed by atoms with E-state index in [0.717, 1.165) is 0 Å². The third-order valence-electron chi connectivity index (χ3n) is 6.77. The Kier molecular flexibility index (Phi) is 7.79. The number of carbonyl (C=O) groups is 1. The van der Waals surface area contributed by atoms with Crippen LogP contribution in [-0.2, 0) is 0 Å². The maximum atomic E-state index is 12.5. The van der Waals surface area contributed by atoms with E-state index in [1.54, 1.807) is 6.07 Å². The fourth-order valence-electron chi connectivity index (χ4n) is 5.01. The van der Waals surface area contributed by atoms with E-state index in [1.807, 2.05) is 9.80 Å². The van der Waals surface area contributed by atoms with Gasteiger partial charge in [0.15, 0.2) is 0 Å². The molecule has 0 spiro atoms. The third-order valence-corrected chi connectivity index (χ3v) is 6.77. The average Bonchev–Trinajstić information content (AvgIpc) is 2.89. The number of carbonyl (C=O) groups excluding carboxylic acids is 1. The smallest absolute Gasteiger partial charge is 0.261 e. The fourth-order valence-corrected chi connectivity index (χ4v) is 5.01. The molecule has 4 atom stereocenters. The number of hydrogen-bond acceptors (Lipinski definition) is 13. The zero-order chi connectivity index (χ0) is 28.4. The number of piperidine rings is 2. The second-order valence-corrected chi connectivity index (χ2v) is 10.3. The summed E-state index contributed by atoms with van der Waals surface area (Å²) < 4.78 is 0. The molecule has 1 amide bonds. The molecule has 3 aromatic rings. The van der Waals surface area contributed by atoms with Gasteiger partial charge in [0.05, 0.1) is 5.69 Å². The van der Waals surface area contributed by atoms with Crippen molar-refractivity contribution in [3.63, 3.8) is 0 Å². The summed E-state index contributed by atoms with van der Waals surface area (Å²) in [4.78, 5) is 44.6. The van der Waals surface area contributed by atoms with E-state index in [4.69, 9.17) is 27.9 Å². The summed E-state index contributed by atoms with van der Waals surface area (Å²) in [6, 6.07) is 6.98. The van der Waals surface area contributed by atoms with Crippen LogP contribution in [0.2, 0.25) is 0 Å². The first kappa shape index (κ1) is 27.3. The number of nitrogens with two attached hydrogens (primary N) is 4. The van der Waals surface area contributed by atoms with Crippen molar-refractivity contribution >= 4 is 35.1 Å². The number of phenolic OH excluding ortho intramolecular Hbond substituents is 1. The van der Waals surface area contributed by atoms with Crippen LogP contribution in [0.5, 0.6) is 5.75 Å². The number of aromatic nitrogens is 4. The lowest BCUT2D eigenvalue weighted by Gasteiger charge is -2.37. The van der Waals surface area contributed by atoms with Crippen LogP contribution in [0.1, 0.15) is 23.2 Å². The molecule has 0 bridgehead atoms. The summed E-state index contributed by atoms with van der Waals surface area (Å²) in [5.74, 6) is 0.174. The lowest BCUT2D eigenvalue weighted by atomic mass is 10.0. The van der Waals surface area contributed by atoms with E-state index < -0.39 is 11.5 Å². The molecule has 4 heterocycles. The number of aromatic amines is 1. The Balaban J connectivity index is 1.40. The molecule has 2 saturated heterocycles. The minimum Gasteiger partial charge on any atom is -0.506 e. The number of nitrogens with one attached hydrogen (secondary N) is 3. The molecule has 0 saturated carbocycles. The second kappa shape index (κ2) is 11.4. The van der Waals surface area contributed by atoms with Gasteiger partial charge in [-0.1, -0.05) is 0 Å². The number of amides is 1. The first-order valence-electron chi connectivity index (χ1n) is 13.0. The highest BCUT2D eigenvalue weighted by Gasteiger charge is 2.29. The Bertz CT molecular complexity index is 1370. The van der Waals surface area contributed by atoms with Gasteiger partial charge < -0.3 is 53.5 Å². The number of anilines is 5. The zero-order valence-electron chi connectivity index (χ0n) is 21.8. The molecule has 15 nitrogen and oxygen atoms in total. The van der Waals surface area contributed by atoms with E-state index >= 15 is 0 Å². The van der Waals surface area contributed by atoms with Crippen molar-refractivity contribution in [3.8, 4) is 5.75 Å². The van der Waals surface area contributed by atoms with Crippen LogP contribution in [0.3, 0.4) is 0 Å². The van der Waals surface area contributed by atoms with Gasteiger partial charge in [0.25, 0.3) is 11.5 Å². The minimum atomic E-state index is -0.652. The van der Waals surface area contributed by atoms with E-state index in [2.05, 4.69) is 25.6 Å². The number of pyridine rings is 1. The summed E-state index contributed by atoms with van der Waals surface area (Å²) >= 11 is 0. The van der Waals surface area contributed by atoms with Crippen molar-refractivity contribution in [2.75, 3.05) is 46.6 Å². The van der Waals surface area contributed by atoms with Crippen LogP contribution < -0.4 is 48.9 Å². The molecule has 0 radical (unpaired) electrons. The molecule has 12 N–H and O–H groups in total. The van der Waals surface area contributed by atoms with E-state index in [1.165, 1.54) is 30.5 Å². The Hall–Kier alpha value is -4.31. The highest BCUT2D eigenvalue weighted by atomic mass is 16.3. The maximum absolute atomic E-state index is 12.5. The van der Waals surface area contributed by atoms with Crippen molar-refractivity contribution < 1.29 is 9.90 Å². The molecule has 2 aliphatic heterocycles. The van der Waals surface area contributed by atoms with Crippen molar-refractivity contribution in [3.05, 3.63) is 52.4 Å². The van der Waals surface area contributed by atoms with Gasteiger partial charge in [-0.2, -0.15) is 15.0 Å². The van der Waals surface area contributed by atoms with Gasteiger partial charge in [-0.25, -0.2) is 0 Å². The number of phenols is 1. The Labute approximate surface area is 230 Å². The number of aromatic hydroxyl groups is 1. The highest BCUT2D eigenvalue weighted by molar-refractivity contribution is 6.04. The van der Waals surface area contributed by atoms with E-state index in [9.17, 15) is 14.7 Å². The van der Waals surface area contributed by atoms with Gasteiger partial charge in [-0.3, -0.25) is 9.59 Å². The van der Waals surface area contributed by atoms with Crippen molar-refractivity contribution in [2.24, 2.45) is 22.9 Å². The largest absolute Gasteiger partial charge is 0.506 e. The van der Waals surface area contributed by atoms with Gasteiger partial charge in [-0.05, 0) is 37.1 Å². The van der Waals surface area contributed by atoms with Crippen molar-refractivity contribution in [1.82, 2.24) is 19.9 Å². The quantitative estimate of drug-likeness (QED) is 0.172. The molecule has 2 aliphatic rings. The number of benzene rings is 1. The van der Waals surface area contributed by atoms with Crippen molar-refractivity contribution in [2.45, 2.75) is 37.0 Å². The molecule has 2 aromatic heterocycles. The van der Waals surface area contributed by atoms with Crippen LogP contribution >= 0.6 is 0 Å². The molecule has 0 unspecified atom stereocenters. The van der Waals surface area contributed by atoms with Gasteiger partial charge in [0.1, 0.15) is 11.3 Å². The molecule has 15 heteroatoms. The highest BCUT2D eigenvalue weighted by Crippen LogP contribution is 2.29. The Morgan fingerprint density at radius 3 is 2.00 bits per heavy atom. The number of hydrogen-bond donors (Lipinski definition) is 8. The predicted octanol–water partition coefficient (Wildman–Crippen LogP) is -1.01. The van der Waals surface area contributed by atoms with Crippen LogP contribution in [0, 0.1) is 0 Å². The second-order valence-electron chi connectivity index (χ2n) is 10.3. The molecule has 1 aromatic carbocycles. The van der Waals surface area contributed by atoms with E-state index in [0.29, 0.717) is 56.6 Å². The SMILES string of the molecule is N[C@@H]1C[C@H](N)CN(c2nc(Nc3ccc(NC(=O)c4ccc[nH]c4=O)c(O)c3)nc(N3C[C@H](N)C[C@H](N)C3)n2)C1. The summed E-state index contributed by atoms with van der Waals surface area (Å²) in [6.45, 7) is 2.15. The monoisotopic (exact) mass is 550 g/mol. The molecule has 2 fully saturated rings. The van der Waals surface area contributed by atoms with Gasteiger partial charge in [-0.15, -0.1) is 0 Å². The Morgan fingerprint density at radius 1 is 0.900 bits per heavy atom. The Morgan fingerprint density at radius 2 is 1.48 bits per heavy atom. The maximum Gasteiger partial charge on any atom is 0.261 e. The van der Waals surface area contributed by atoms with Crippen molar-refractivity contribution in [1.29, 1.82) is 0 Å². The molecule has 0 aliphatic carbocycles. The van der Waals surface area contributed by atoms with Crippen LogP contribution in [-0.4, -0.2) is 81.3 Å². The molecule has 212 valence electrons. The van der Waals surface area contributed by atoms with Crippen LogP contribution in [0.4, 0.5) is 29.2 Å². The normalized spacial score (nSPS) is 23.1. The topological polar surface area (TPSA) is 243 Å². The number of H-pyrrole nitrogens is 1. The van der Waals surface area contributed by atoms with Crippen LogP contribution in [0.15, 0.2) is 41.3 Å². The number of nitrogens with zero attached hydrogens (tertiary/aromatic N) is 5. The van der Waals surface area contributed by atoms with E-state index in [-0.39, 0.29) is 47.1 Å². The van der Waals surface area contributed by atoms with Gasteiger partial charge in [0.2, 0.25) is 17.8 Å². The van der Waals surface area contributed by atoms with Gasteiger partial charge >= 0.3 is 0 Å². The number of rotatable bonds is 6. The predicted molar refractivity (Wildman–Crippen MR) is 152 cm³/mol. The summed E-state index contributed by atoms with van der Waals surface area (Å²) in [5.41, 5.74) is 24.8. The summed E-state index contributed by atoms with van der Waals surface area (Å²) in [7, 11) is 0. The molecular formula is C25H34N12O3. The molecule has 40 heavy (non-hydrogen) atoms. The zero-order valence-corrected chi connectivity index (χ0v) is 21.8. The standard InChI is InChI=1S/C25H34N12O3/c26-13-6-14(27)10-36(9-13)24-33-23(34-25(35-24)37-11-15(28)7-16(29)12-37)31-17-3-4-19(20(38)8-17)32-22(40)18-2-1-5-30-21(18)39/h1-5,8,13-16,38H,6-7,9-12,26-29H2,(H,30,39)(H,32,40)(H,31,33,34,35)/t13-,14+,15-,16+. The molecule has 5 rings (SSSR count). The fraction of sp³-hybridized carbons (Fsp3) is 0.400. The summed E-state index contributed by atoms with van der Waals surface area (Å²) in [6.07, 6.45) is 2.84. The summed E-state index contributed by atoms with van der Waals surface area (Å²) in [5, 5.41) is 16.2. The third kappa shape index (κ3) is 6.28. The lowest BCUT2D eigenvalue weighted by molar-refractivity contribution is 0.102. The molecular weight excluding hydrogens is 516 g/mol. The average molecular weight is 551 g/mol. The van der Waals surface area contributed by atoms with Gasteiger partial charge in [0, 0.05) is 68.3 Å². The minimum absolute atomic E-state index is 0.0800. The van der Waals surface area contributed by atoms with Crippen LogP contribution in [0.25, 0.3) is 0 Å². The first-order valence-corrected chi connectivity index (χ1v) is 13.0. The lowest BCUT2D eigenvalue weighted by Crippen LogP contribution is -2.54.